The zero-order valence-corrected chi connectivity index (χ0v) is 22.3. The molecular formula is C31H40O6. The van der Waals surface area contributed by atoms with E-state index in [4.69, 9.17) is 28.4 Å². The highest BCUT2D eigenvalue weighted by molar-refractivity contribution is 5.46. The predicted octanol–water partition coefficient (Wildman–Crippen LogP) is 6.11. The second-order valence-electron chi connectivity index (χ2n) is 8.28. The molecule has 0 atom stereocenters. The summed E-state index contributed by atoms with van der Waals surface area (Å²) in [4.78, 5) is 0. The van der Waals surface area contributed by atoms with Crippen LogP contribution in [-0.4, -0.2) is 59.5 Å². The van der Waals surface area contributed by atoms with Crippen molar-refractivity contribution in [1.29, 1.82) is 0 Å². The SMILES string of the molecule is CCOCCOc1ccc(C(c2ccc(OCCOCC)cc2)c2ccc(OCCOCC)cc2)cc1. The van der Waals surface area contributed by atoms with Gasteiger partial charge in [-0.1, -0.05) is 36.4 Å². The Labute approximate surface area is 221 Å². The molecule has 3 aromatic rings. The van der Waals surface area contributed by atoms with E-state index >= 15 is 0 Å². The van der Waals surface area contributed by atoms with E-state index in [1.54, 1.807) is 0 Å². The fourth-order valence-corrected chi connectivity index (χ4v) is 3.94. The van der Waals surface area contributed by atoms with Crippen LogP contribution in [0.25, 0.3) is 0 Å². The summed E-state index contributed by atoms with van der Waals surface area (Å²) in [5.41, 5.74) is 3.52. The molecule has 0 aliphatic heterocycles. The summed E-state index contributed by atoms with van der Waals surface area (Å²) in [6.07, 6.45) is 0. The molecule has 3 aromatic carbocycles. The van der Waals surface area contributed by atoms with E-state index in [1.165, 1.54) is 16.7 Å². The van der Waals surface area contributed by atoms with Gasteiger partial charge in [0.25, 0.3) is 0 Å². The van der Waals surface area contributed by atoms with E-state index in [0.717, 1.165) is 17.2 Å². The Morgan fingerprint density at radius 3 is 0.919 bits per heavy atom. The molecule has 6 heteroatoms. The zero-order valence-electron chi connectivity index (χ0n) is 22.3. The maximum Gasteiger partial charge on any atom is 0.119 e. The van der Waals surface area contributed by atoms with Crippen LogP contribution in [0.4, 0.5) is 0 Å². The van der Waals surface area contributed by atoms with Crippen molar-refractivity contribution in [3.63, 3.8) is 0 Å². The molecule has 0 amide bonds. The van der Waals surface area contributed by atoms with E-state index in [-0.39, 0.29) is 5.92 Å². The quantitative estimate of drug-likeness (QED) is 0.153. The Kier molecular flexibility index (Phi) is 12.8. The van der Waals surface area contributed by atoms with Crippen molar-refractivity contribution in [2.75, 3.05) is 59.5 Å². The van der Waals surface area contributed by atoms with Crippen LogP contribution in [-0.2, 0) is 14.2 Å². The van der Waals surface area contributed by atoms with Gasteiger partial charge in [0.15, 0.2) is 0 Å². The molecule has 0 fully saturated rings. The minimum Gasteiger partial charge on any atom is -0.491 e. The summed E-state index contributed by atoms with van der Waals surface area (Å²) < 4.78 is 33.5. The molecule has 0 saturated heterocycles. The van der Waals surface area contributed by atoms with Gasteiger partial charge < -0.3 is 28.4 Å². The Bertz CT molecular complexity index is 854. The molecule has 0 heterocycles. The number of hydrogen-bond acceptors (Lipinski definition) is 6. The first kappa shape index (κ1) is 28.5. The van der Waals surface area contributed by atoms with Crippen molar-refractivity contribution in [2.45, 2.75) is 26.7 Å². The smallest absolute Gasteiger partial charge is 0.119 e. The summed E-state index contributed by atoms with van der Waals surface area (Å²) in [6, 6.07) is 24.9. The van der Waals surface area contributed by atoms with Crippen LogP contribution >= 0.6 is 0 Å². The highest BCUT2D eigenvalue weighted by Gasteiger charge is 2.17. The summed E-state index contributed by atoms with van der Waals surface area (Å²) in [6.45, 7) is 11.4. The Balaban J connectivity index is 1.77. The van der Waals surface area contributed by atoms with Crippen molar-refractivity contribution in [3.05, 3.63) is 89.5 Å². The minimum absolute atomic E-state index is 0.0485. The van der Waals surface area contributed by atoms with Crippen LogP contribution < -0.4 is 14.2 Å². The van der Waals surface area contributed by atoms with Crippen molar-refractivity contribution < 1.29 is 28.4 Å². The third kappa shape index (κ3) is 9.73. The van der Waals surface area contributed by atoms with Crippen LogP contribution in [0.1, 0.15) is 43.4 Å². The molecule has 0 N–H and O–H groups in total. The van der Waals surface area contributed by atoms with Crippen LogP contribution in [0, 0.1) is 0 Å². The van der Waals surface area contributed by atoms with Gasteiger partial charge in [-0.2, -0.15) is 0 Å². The lowest BCUT2D eigenvalue weighted by atomic mass is 9.85. The van der Waals surface area contributed by atoms with Gasteiger partial charge in [0.2, 0.25) is 0 Å². The molecule has 3 rings (SSSR count). The second-order valence-corrected chi connectivity index (χ2v) is 8.28. The minimum atomic E-state index is 0.0485. The van der Waals surface area contributed by atoms with Gasteiger partial charge in [-0.15, -0.1) is 0 Å². The maximum atomic E-state index is 5.82. The Morgan fingerprint density at radius 1 is 0.405 bits per heavy atom. The summed E-state index contributed by atoms with van der Waals surface area (Å²) >= 11 is 0. The highest BCUT2D eigenvalue weighted by Crippen LogP contribution is 2.34. The predicted molar refractivity (Wildman–Crippen MR) is 146 cm³/mol. The van der Waals surface area contributed by atoms with E-state index in [1.807, 2.05) is 57.2 Å². The average molecular weight is 509 g/mol. The summed E-state index contributed by atoms with van der Waals surface area (Å²) in [5.74, 6) is 2.54. The van der Waals surface area contributed by atoms with Crippen molar-refractivity contribution in [2.24, 2.45) is 0 Å². The molecule has 0 unspecified atom stereocenters. The first-order chi connectivity index (χ1) is 18.2. The fraction of sp³-hybridized carbons (Fsp3) is 0.419. The number of benzene rings is 3. The molecule has 0 aliphatic rings. The summed E-state index contributed by atoms with van der Waals surface area (Å²) in [5, 5.41) is 0. The molecule has 0 spiro atoms. The van der Waals surface area contributed by atoms with Crippen molar-refractivity contribution in [1.82, 2.24) is 0 Å². The number of ether oxygens (including phenoxy) is 6. The van der Waals surface area contributed by atoms with Gasteiger partial charge in [-0.05, 0) is 73.9 Å². The van der Waals surface area contributed by atoms with Crippen LogP contribution in [0.5, 0.6) is 17.2 Å². The molecule has 0 saturated carbocycles. The Hall–Kier alpha value is -3.06. The largest absolute Gasteiger partial charge is 0.491 e. The molecule has 37 heavy (non-hydrogen) atoms. The van der Waals surface area contributed by atoms with Crippen LogP contribution in [0.3, 0.4) is 0 Å². The van der Waals surface area contributed by atoms with Gasteiger partial charge in [0.05, 0.1) is 19.8 Å². The molecule has 0 bridgehead atoms. The molecule has 6 nitrogen and oxygen atoms in total. The van der Waals surface area contributed by atoms with E-state index < -0.39 is 0 Å². The standard InChI is InChI=1S/C31H40O6/c1-4-32-19-22-35-28-13-7-25(8-14-28)31(26-9-15-29(16-10-26)36-23-20-33-5-2)27-11-17-30(18-12-27)37-24-21-34-6-3/h7-18,31H,4-6,19-24H2,1-3H3. The zero-order chi connectivity index (χ0) is 26.1. The van der Waals surface area contributed by atoms with Crippen molar-refractivity contribution in [3.8, 4) is 17.2 Å². The number of rotatable bonds is 18. The van der Waals surface area contributed by atoms with Crippen LogP contribution in [0.15, 0.2) is 72.8 Å². The average Bonchev–Trinajstić information content (AvgIpc) is 2.94. The number of hydrogen-bond donors (Lipinski definition) is 0. The van der Waals surface area contributed by atoms with Crippen LogP contribution in [0.2, 0.25) is 0 Å². The highest BCUT2D eigenvalue weighted by atomic mass is 16.5. The lowest BCUT2D eigenvalue weighted by Gasteiger charge is -2.20. The first-order valence-electron chi connectivity index (χ1n) is 13.2. The lowest BCUT2D eigenvalue weighted by molar-refractivity contribution is 0.110. The van der Waals surface area contributed by atoms with Gasteiger partial charge in [0, 0.05) is 25.7 Å². The normalized spacial score (nSPS) is 11.0. The third-order valence-corrected chi connectivity index (χ3v) is 5.74. The van der Waals surface area contributed by atoms with E-state index in [2.05, 4.69) is 36.4 Å². The molecule has 0 aromatic heterocycles. The van der Waals surface area contributed by atoms with Crippen molar-refractivity contribution >= 4 is 0 Å². The maximum absolute atomic E-state index is 5.82. The second kappa shape index (κ2) is 16.6. The van der Waals surface area contributed by atoms with Gasteiger partial charge in [-0.3, -0.25) is 0 Å². The van der Waals surface area contributed by atoms with E-state index in [9.17, 15) is 0 Å². The first-order valence-corrected chi connectivity index (χ1v) is 13.2. The lowest BCUT2D eigenvalue weighted by Crippen LogP contribution is -2.08. The van der Waals surface area contributed by atoms with Gasteiger partial charge in [-0.25, -0.2) is 0 Å². The monoisotopic (exact) mass is 508 g/mol. The fourth-order valence-electron chi connectivity index (χ4n) is 3.94. The Morgan fingerprint density at radius 2 is 0.676 bits per heavy atom. The third-order valence-electron chi connectivity index (χ3n) is 5.74. The summed E-state index contributed by atoms with van der Waals surface area (Å²) in [7, 11) is 0. The molecule has 200 valence electrons. The van der Waals surface area contributed by atoms with E-state index in [0.29, 0.717) is 59.5 Å². The van der Waals surface area contributed by atoms with Gasteiger partial charge in [0.1, 0.15) is 37.1 Å². The molecular weight excluding hydrogens is 468 g/mol. The van der Waals surface area contributed by atoms with Gasteiger partial charge >= 0.3 is 0 Å². The molecule has 0 aliphatic carbocycles. The topological polar surface area (TPSA) is 55.4 Å². The molecule has 0 radical (unpaired) electrons.